The zero-order chi connectivity index (χ0) is 13.6. The van der Waals surface area contributed by atoms with Crippen molar-refractivity contribution in [2.24, 2.45) is 5.73 Å². The summed E-state index contributed by atoms with van der Waals surface area (Å²) in [6, 6.07) is 6.00. The van der Waals surface area contributed by atoms with Crippen molar-refractivity contribution < 1.29 is 4.74 Å². The molecule has 1 rings (SSSR count). The number of nitrogens with two attached hydrogens (primary N) is 1. The predicted octanol–water partition coefficient (Wildman–Crippen LogP) is 1.31. The van der Waals surface area contributed by atoms with Crippen LogP contribution in [0.4, 0.5) is 0 Å². The fourth-order valence-corrected chi connectivity index (χ4v) is 1.65. The van der Waals surface area contributed by atoms with E-state index in [4.69, 9.17) is 10.5 Å². The van der Waals surface area contributed by atoms with Gasteiger partial charge in [-0.05, 0) is 33.0 Å². The van der Waals surface area contributed by atoms with Gasteiger partial charge in [0.2, 0.25) is 0 Å². The fourth-order valence-electron chi connectivity index (χ4n) is 1.65. The fraction of sp³-hybridized carbons (Fsp3) is 0.643. The van der Waals surface area contributed by atoms with Gasteiger partial charge in [-0.15, -0.1) is 0 Å². The third-order valence-corrected chi connectivity index (χ3v) is 3.40. The normalized spacial score (nSPS) is 13.9. The molecule has 0 spiro atoms. The Morgan fingerprint density at radius 1 is 1.44 bits per heavy atom. The first-order valence-electron chi connectivity index (χ1n) is 6.35. The summed E-state index contributed by atoms with van der Waals surface area (Å²) in [7, 11) is 3.78. The first-order valence-corrected chi connectivity index (χ1v) is 6.35. The van der Waals surface area contributed by atoms with E-state index in [0.717, 1.165) is 25.2 Å². The van der Waals surface area contributed by atoms with Gasteiger partial charge in [0.05, 0.1) is 5.60 Å². The standard InChI is InChI=1S/C14H25N3O/c1-14(2,18-4)13(15)11-17(3)10-8-12-7-5-6-9-16-12/h5-7,9,13H,8,10-11,15H2,1-4H3. The van der Waals surface area contributed by atoms with Crippen LogP contribution in [0.3, 0.4) is 0 Å². The molecule has 18 heavy (non-hydrogen) atoms. The second-order valence-corrected chi connectivity index (χ2v) is 5.25. The summed E-state index contributed by atoms with van der Waals surface area (Å²) in [6.45, 7) is 5.80. The summed E-state index contributed by atoms with van der Waals surface area (Å²) in [5.74, 6) is 0. The largest absolute Gasteiger partial charge is 0.377 e. The van der Waals surface area contributed by atoms with Crippen molar-refractivity contribution in [3.8, 4) is 0 Å². The lowest BCUT2D eigenvalue weighted by Crippen LogP contribution is -2.51. The van der Waals surface area contributed by atoms with Gasteiger partial charge >= 0.3 is 0 Å². The van der Waals surface area contributed by atoms with E-state index in [-0.39, 0.29) is 11.6 Å². The van der Waals surface area contributed by atoms with Crippen LogP contribution in [0.5, 0.6) is 0 Å². The molecule has 0 radical (unpaired) electrons. The molecule has 2 N–H and O–H groups in total. The Kier molecular flexibility index (Phi) is 5.72. The van der Waals surface area contributed by atoms with Crippen molar-refractivity contribution in [1.82, 2.24) is 9.88 Å². The quantitative estimate of drug-likeness (QED) is 0.794. The van der Waals surface area contributed by atoms with Gasteiger partial charge < -0.3 is 15.4 Å². The Balaban J connectivity index is 2.36. The first-order chi connectivity index (χ1) is 8.45. The molecule has 0 saturated carbocycles. The van der Waals surface area contributed by atoms with Crippen LogP contribution in [0, 0.1) is 0 Å². The second-order valence-electron chi connectivity index (χ2n) is 5.25. The van der Waals surface area contributed by atoms with Gasteiger partial charge in [-0.3, -0.25) is 4.98 Å². The third-order valence-electron chi connectivity index (χ3n) is 3.40. The Hall–Kier alpha value is -0.970. The van der Waals surface area contributed by atoms with Gasteiger partial charge in [0, 0.05) is 44.6 Å². The third kappa shape index (κ3) is 4.72. The lowest BCUT2D eigenvalue weighted by Gasteiger charge is -2.33. The molecule has 0 aromatic carbocycles. The minimum atomic E-state index is -0.292. The Morgan fingerprint density at radius 3 is 2.72 bits per heavy atom. The van der Waals surface area contributed by atoms with Crippen molar-refractivity contribution in [2.45, 2.75) is 31.9 Å². The summed E-state index contributed by atoms with van der Waals surface area (Å²) in [6.07, 6.45) is 2.77. The summed E-state index contributed by atoms with van der Waals surface area (Å²) >= 11 is 0. The number of likely N-dealkylation sites (N-methyl/N-ethyl adjacent to an activating group) is 1. The highest BCUT2D eigenvalue weighted by Crippen LogP contribution is 2.12. The minimum Gasteiger partial charge on any atom is -0.377 e. The van der Waals surface area contributed by atoms with Gasteiger partial charge in [0.25, 0.3) is 0 Å². The average molecular weight is 251 g/mol. The van der Waals surface area contributed by atoms with Crippen LogP contribution in [0.15, 0.2) is 24.4 Å². The van der Waals surface area contributed by atoms with Gasteiger partial charge in [-0.25, -0.2) is 0 Å². The van der Waals surface area contributed by atoms with E-state index in [9.17, 15) is 0 Å². The highest BCUT2D eigenvalue weighted by atomic mass is 16.5. The van der Waals surface area contributed by atoms with Gasteiger partial charge in [-0.1, -0.05) is 6.07 Å². The maximum absolute atomic E-state index is 6.15. The van der Waals surface area contributed by atoms with Crippen molar-refractivity contribution >= 4 is 0 Å². The van der Waals surface area contributed by atoms with Gasteiger partial charge in [-0.2, -0.15) is 0 Å². The molecular formula is C14H25N3O. The van der Waals surface area contributed by atoms with E-state index in [0.29, 0.717) is 0 Å². The van der Waals surface area contributed by atoms with Crippen LogP contribution in [0.25, 0.3) is 0 Å². The summed E-state index contributed by atoms with van der Waals surface area (Å²) in [5.41, 5.74) is 6.97. The van der Waals surface area contributed by atoms with Crippen LogP contribution >= 0.6 is 0 Å². The van der Waals surface area contributed by atoms with Crippen molar-refractivity contribution in [1.29, 1.82) is 0 Å². The van der Waals surface area contributed by atoms with E-state index >= 15 is 0 Å². The molecular weight excluding hydrogens is 226 g/mol. The summed E-state index contributed by atoms with van der Waals surface area (Å²) in [4.78, 5) is 6.53. The van der Waals surface area contributed by atoms with Crippen LogP contribution < -0.4 is 5.73 Å². The molecule has 0 fully saturated rings. The van der Waals surface area contributed by atoms with Crippen molar-refractivity contribution in [3.63, 3.8) is 0 Å². The molecule has 4 nitrogen and oxygen atoms in total. The molecule has 102 valence electrons. The SMILES string of the molecule is COC(C)(C)C(N)CN(C)CCc1ccccn1. The Bertz CT molecular complexity index is 340. The number of rotatable bonds is 7. The highest BCUT2D eigenvalue weighted by molar-refractivity contribution is 5.03. The molecule has 1 atom stereocenters. The van der Waals surface area contributed by atoms with Gasteiger partial charge in [0.1, 0.15) is 0 Å². The average Bonchev–Trinajstić information content (AvgIpc) is 2.37. The van der Waals surface area contributed by atoms with E-state index in [1.807, 2.05) is 38.2 Å². The van der Waals surface area contributed by atoms with E-state index in [2.05, 4.69) is 16.9 Å². The van der Waals surface area contributed by atoms with E-state index in [1.165, 1.54) is 0 Å². The molecule has 0 aliphatic carbocycles. The van der Waals surface area contributed by atoms with Crippen LogP contribution in [0.1, 0.15) is 19.5 Å². The van der Waals surface area contributed by atoms with Crippen LogP contribution in [0.2, 0.25) is 0 Å². The maximum atomic E-state index is 6.15. The molecule has 1 unspecified atom stereocenters. The van der Waals surface area contributed by atoms with Gasteiger partial charge in [0.15, 0.2) is 0 Å². The summed E-state index contributed by atoms with van der Waals surface area (Å²) in [5, 5.41) is 0. The molecule has 0 bridgehead atoms. The van der Waals surface area contributed by atoms with E-state index in [1.54, 1.807) is 7.11 Å². The molecule has 0 aliphatic rings. The van der Waals surface area contributed by atoms with Crippen LogP contribution in [-0.2, 0) is 11.2 Å². The van der Waals surface area contributed by atoms with Crippen molar-refractivity contribution in [2.75, 3.05) is 27.2 Å². The number of hydrogen-bond donors (Lipinski definition) is 1. The highest BCUT2D eigenvalue weighted by Gasteiger charge is 2.26. The molecule has 0 aliphatic heterocycles. The van der Waals surface area contributed by atoms with Crippen molar-refractivity contribution in [3.05, 3.63) is 30.1 Å². The molecule has 0 amide bonds. The number of ether oxygens (including phenoxy) is 1. The predicted molar refractivity (Wildman–Crippen MR) is 74.5 cm³/mol. The number of aromatic nitrogens is 1. The maximum Gasteiger partial charge on any atom is 0.0785 e. The van der Waals surface area contributed by atoms with Crippen LogP contribution in [-0.4, -0.2) is 48.8 Å². The molecule has 1 aromatic rings. The zero-order valence-electron chi connectivity index (χ0n) is 11.9. The topological polar surface area (TPSA) is 51.4 Å². The minimum absolute atomic E-state index is 0.00349. The molecule has 1 aromatic heterocycles. The van der Waals surface area contributed by atoms with E-state index < -0.39 is 0 Å². The molecule has 1 heterocycles. The zero-order valence-corrected chi connectivity index (χ0v) is 11.9. The Labute approximate surface area is 110 Å². The number of methoxy groups -OCH3 is 1. The smallest absolute Gasteiger partial charge is 0.0785 e. The Morgan fingerprint density at radius 2 is 2.17 bits per heavy atom. The number of hydrogen-bond acceptors (Lipinski definition) is 4. The second kappa shape index (κ2) is 6.83. The monoisotopic (exact) mass is 251 g/mol. The lowest BCUT2D eigenvalue weighted by atomic mass is 9.99. The number of nitrogens with zero attached hydrogens (tertiary/aromatic N) is 2. The summed E-state index contributed by atoms with van der Waals surface area (Å²) < 4.78 is 5.40. The number of pyridine rings is 1. The first kappa shape index (κ1) is 15.1. The lowest BCUT2D eigenvalue weighted by molar-refractivity contribution is -0.00661. The molecule has 0 saturated heterocycles. The molecule has 4 heteroatoms.